The van der Waals surface area contributed by atoms with Gasteiger partial charge in [-0.15, -0.1) is 0 Å². The summed E-state index contributed by atoms with van der Waals surface area (Å²) in [6.07, 6.45) is 1.13. The zero-order valence-electron chi connectivity index (χ0n) is 17.0. The summed E-state index contributed by atoms with van der Waals surface area (Å²) in [7, 11) is 0. The number of benzene rings is 1. The zero-order chi connectivity index (χ0) is 19.2. The number of aliphatic hydroxyl groups is 1. The third-order valence-corrected chi connectivity index (χ3v) is 5.00. The Bertz CT molecular complexity index is 531. The van der Waals surface area contributed by atoms with E-state index in [4.69, 9.17) is 4.74 Å². The monoisotopic (exact) mass is 348 g/mol. The van der Waals surface area contributed by atoms with E-state index in [1.165, 1.54) is 0 Å². The van der Waals surface area contributed by atoms with Crippen molar-refractivity contribution in [2.45, 2.75) is 74.0 Å². The lowest BCUT2D eigenvalue weighted by Crippen LogP contribution is -2.36. The van der Waals surface area contributed by atoms with Crippen LogP contribution in [0.25, 0.3) is 0 Å². The Labute approximate surface area is 153 Å². The van der Waals surface area contributed by atoms with Gasteiger partial charge in [-0.2, -0.15) is 0 Å². The van der Waals surface area contributed by atoms with Gasteiger partial charge in [0.1, 0.15) is 6.61 Å². The molecule has 0 aliphatic carbocycles. The Hall–Kier alpha value is -1.35. The highest BCUT2D eigenvalue weighted by Crippen LogP contribution is 2.36. The van der Waals surface area contributed by atoms with Crippen molar-refractivity contribution in [3.63, 3.8) is 0 Å². The van der Waals surface area contributed by atoms with Crippen molar-refractivity contribution in [1.82, 2.24) is 0 Å². The fourth-order valence-corrected chi connectivity index (χ4v) is 3.14. The molecule has 0 aliphatic heterocycles. The fraction of sp³-hybridized carbons (Fsp3) is 0.682. The van der Waals surface area contributed by atoms with Gasteiger partial charge in [0.25, 0.3) is 0 Å². The summed E-state index contributed by atoms with van der Waals surface area (Å²) < 4.78 is 5.62. The Kier molecular flexibility index (Phi) is 8.14. The van der Waals surface area contributed by atoms with Crippen LogP contribution >= 0.6 is 0 Å². The molecule has 2 atom stereocenters. The third-order valence-electron chi connectivity index (χ3n) is 5.00. The van der Waals surface area contributed by atoms with Crippen molar-refractivity contribution in [1.29, 1.82) is 0 Å². The van der Waals surface area contributed by atoms with E-state index in [-0.39, 0.29) is 18.5 Å². The molecule has 0 saturated carbocycles. The lowest BCUT2D eigenvalue weighted by atomic mass is 9.73. The minimum atomic E-state index is -0.457. The second-order valence-corrected chi connectivity index (χ2v) is 8.63. The highest BCUT2D eigenvalue weighted by Gasteiger charge is 2.38. The second kappa shape index (κ2) is 9.38. The third kappa shape index (κ3) is 6.47. The van der Waals surface area contributed by atoms with Crippen LogP contribution < -0.4 is 0 Å². The molecule has 1 rings (SSSR count). The van der Waals surface area contributed by atoms with Gasteiger partial charge >= 0.3 is 5.97 Å². The molecule has 1 N–H and O–H groups in total. The largest absolute Gasteiger partial charge is 0.460 e. The molecule has 2 unspecified atom stereocenters. The van der Waals surface area contributed by atoms with E-state index in [0.717, 1.165) is 24.0 Å². The van der Waals surface area contributed by atoms with Gasteiger partial charge < -0.3 is 9.84 Å². The number of ether oxygens (including phenoxy) is 1. The molecule has 0 spiro atoms. The van der Waals surface area contributed by atoms with Crippen molar-refractivity contribution in [2.75, 3.05) is 0 Å². The number of carbonyl (C=O) groups is 1. The Morgan fingerprint density at radius 1 is 1.04 bits per heavy atom. The average molecular weight is 349 g/mol. The van der Waals surface area contributed by atoms with Gasteiger partial charge in [0.05, 0.1) is 11.5 Å². The SMILES string of the molecule is CC(C)CC(O)c1ccc(COC(=O)C(C)(CC(C)C)C(C)C)cc1. The molecule has 0 aliphatic rings. The highest BCUT2D eigenvalue weighted by atomic mass is 16.5. The predicted octanol–water partition coefficient (Wildman–Crippen LogP) is 5.52. The van der Waals surface area contributed by atoms with Crippen LogP contribution in [0.15, 0.2) is 24.3 Å². The minimum absolute atomic E-state index is 0.125. The van der Waals surface area contributed by atoms with Crippen LogP contribution in [-0.2, 0) is 16.1 Å². The van der Waals surface area contributed by atoms with E-state index in [9.17, 15) is 9.90 Å². The molecule has 1 aromatic carbocycles. The summed E-state index contributed by atoms with van der Waals surface area (Å²) in [5, 5.41) is 10.2. The first-order valence-electron chi connectivity index (χ1n) is 9.50. The van der Waals surface area contributed by atoms with Crippen LogP contribution in [-0.4, -0.2) is 11.1 Å². The minimum Gasteiger partial charge on any atom is -0.460 e. The molecule has 25 heavy (non-hydrogen) atoms. The molecule has 0 radical (unpaired) electrons. The molecule has 0 bridgehead atoms. The molecule has 3 nitrogen and oxygen atoms in total. The maximum Gasteiger partial charge on any atom is 0.312 e. The van der Waals surface area contributed by atoms with Crippen molar-refractivity contribution in [3.05, 3.63) is 35.4 Å². The van der Waals surface area contributed by atoms with Gasteiger partial charge in [-0.3, -0.25) is 4.79 Å². The number of esters is 1. The van der Waals surface area contributed by atoms with Gasteiger partial charge in [-0.25, -0.2) is 0 Å². The molecule has 0 fully saturated rings. The summed E-state index contributed by atoms with van der Waals surface area (Å²) in [5.41, 5.74) is 1.40. The number of hydrogen-bond donors (Lipinski definition) is 1. The van der Waals surface area contributed by atoms with Crippen LogP contribution in [0.3, 0.4) is 0 Å². The van der Waals surface area contributed by atoms with Gasteiger partial charge in [0.15, 0.2) is 0 Å². The molecule has 0 heterocycles. The van der Waals surface area contributed by atoms with E-state index in [1.54, 1.807) is 0 Å². The molecule has 0 aromatic heterocycles. The van der Waals surface area contributed by atoms with Crippen LogP contribution in [0.2, 0.25) is 0 Å². The van der Waals surface area contributed by atoms with Crippen molar-refractivity contribution < 1.29 is 14.6 Å². The molecule has 0 saturated heterocycles. The van der Waals surface area contributed by atoms with Crippen LogP contribution in [0.1, 0.15) is 78.5 Å². The molecule has 1 aromatic rings. The standard InChI is InChI=1S/C22H36O3/c1-15(2)12-20(23)19-10-8-18(9-11-19)14-25-21(24)22(7,17(5)6)13-16(3)4/h8-11,15-17,20,23H,12-14H2,1-7H3. The average Bonchev–Trinajstić information content (AvgIpc) is 2.51. The summed E-state index contributed by atoms with van der Waals surface area (Å²) in [6.45, 7) is 14.9. The predicted molar refractivity (Wildman–Crippen MR) is 103 cm³/mol. The van der Waals surface area contributed by atoms with Gasteiger partial charge in [-0.1, -0.05) is 65.8 Å². The number of hydrogen-bond acceptors (Lipinski definition) is 3. The van der Waals surface area contributed by atoms with E-state index < -0.39 is 11.5 Å². The summed E-state index contributed by atoms with van der Waals surface area (Å²) in [4.78, 5) is 12.6. The van der Waals surface area contributed by atoms with E-state index in [1.807, 2.05) is 31.2 Å². The first-order valence-corrected chi connectivity index (χ1v) is 9.50. The summed E-state index contributed by atoms with van der Waals surface area (Å²) in [5.74, 6) is 1.00. The maximum atomic E-state index is 12.6. The van der Waals surface area contributed by atoms with Gasteiger partial charge in [0, 0.05) is 0 Å². The van der Waals surface area contributed by atoms with Crippen molar-refractivity contribution in [3.8, 4) is 0 Å². The molecule has 142 valence electrons. The smallest absolute Gasteiger partial charge is 0.312 e. The Morgan fingerprint density at radius 3 is 2.04 bits per heavy atom. The van der Waals surface area contributed by atoms with Crippen LogP contribution in [0.4, 0.5) is 0 Å². The molecular weight excluding hydrogens is 312 g/mol. The van der Waals surface area contributed by atoms with Gasteiger partial charge in [-0.05, 0) is 48.6 Å². The first-order chi connectivity index (χ1) is 11.6. The maximum absolute atomic E-state index is 12.6. The molecule has 3 heteroatoms. The van der Waals surface area contributed by atoms with E-state index in [0.29, 0.717) is 11.8 Å². The topological polar surface area (TPSA) is 46.5 Å². The lowest BCUT2D eigenvalue weighted by Gasteiger charge is -2.32. The van der Waals surface area contributed by atoms with Crippen molar-refractivity contribution >= 4 is 5.97 Å². The Balaban J connectivity index is 2.69. The quantitative estimate of drug-likeness (QED) is 0.598. The highest BCUT2D eigenvalue weighted by molar-refractivity contribution is 5.76. The summed E-state index contributed by atoms with van der Waals surface area (Å²) >= 11 is 0. The van der Waals surface area contributed by atoms with E-state index in [2.05, 4.69) is 41.5 Å². The van der Waals surface area contributed by atoms with Gasteiger partial charge in [0.2, 0.25) is 0 Å². The second-order valence-electron chi connectivity index (χ2n) is 8.63. The van der Waals surface area contributed by atoms with E-state index >= 15 is 0 Å². The zero-order valence-corrected chi connectivity index (χ0v) is 17.0. The van der Waals surface area contributed by atoms with Crippen LogP contribution in [0.5, 0.6) is 0 Å². The molecule has 0 amide bonds. The lowest BCUT2D eigenvalue weighted by molar-refractivity contribution is -0.160. The fourth-order valence-electron chi connectivity index (χ4n) is 3.14. The Morgan fingerprint density at radius 2 is 1.60 bits per heavy atom. The first kappa shape index (κ1) is 21.7. The van der Waals surface area contributed by atoms with Crippen molar-refractivity contribution in [2.24, 2.45) is 23.2 Å². The number of aliphatic hydroxyl groups excluding tert-OH is 1. The number of carbonyl (C=O) groups excluding carboxylic acids is 1. The van der Waals surface area contributed by atoms with Crippen LogP contribution in [0, 0.1) is 23.2 Å². The number of rotatable bonds is 9. The normalized spacial score (nSPS) is 15.5. The molecular formula is C22H36O3. The summed E-state index contributed by atoms with van der Waals surface area (Å²) in [6, 6.07) is 7.71.